The largest absolute Gasteiger partial charge is 0.399 e. The molecule has 1 N–H and O–H groups in total. The molecule has 1 aromatic rings. The van der Waals surface area contributed by atoms with Crippen molar-refractivity contribution in [3.8, 4) is 0 Å². The van der Waals surface area contributed by atoms with Crippen LogP contribution < -0.4 is 5.32 Å². The normalized spacial score (nSPS) is 11.6. The maximum Gasteiger partial charge on any atom is 0.123 e. The zero-order chi connectivity index (χ0) is 13.9. The number of hydrogen-bond donors (Lipinski definition) is 1. The van der Waals surface area contributed by atoms with Gasteiger partial charge in [0.05, 0.1) is 5.71 Å². The molecule has 1 rings (SSSR count). The fourth-order valence-electron chi connectivity index (χ4n) is 1.80. The van der Waals surface area contributed by atoms with Gasteiger partial charge < -0.3 is 10.2 Å². The fourth-order valence-corrected chi connectivity index (χ4v) is 1.80. The second-order valence-electron chi connectivity index (χ2n) is 4.43. The first-order chi connectivity index (χ1) is 9.27. The summed E-state index contributed by atoms with van der Waals surface area (Å²) in [6.07, 6.45) is 4.22. The van der Waals surface area contributed by atoms with Crippen LogP contribution in [0.1, 0.15) is 38.2 Å². The monoisotopic (exact) mass is 266 g/mol. The van der Waals surface area contributed by atoms with E-state index in [0.717, 1.165) is 37.2 Å². The second kappa shape index (κ2) is 9.50. The lowest BCUT2D eigenvalue weighted by atomic mass is 10.1. The Morgan fingerprint density at radius 2 is 1.89 bits per heavy atom. The van der Waals surface area contributed by atoms with E-state index in [1.165, 1.54) is 32.1 Å². The number of benzene rings is 1. The molecule has 0 fully saturated rings. The smallest absolute Gasteiger partial charge is 0.123 e. The van der Waals surface area contributed by atoms with Crippen molar-refractivity contribution in [3.05, 3.63) is 35.6 Å². The van der Waals surface area contributed by atoms with Gasteiger partial charge in [-0.05, 0) is 50.0 Å². The molecule has 0 spiro atoms. The molecule has 19 heavy (non-hydrogen) atoms. The van der Waals surface area contributed by atoms with Gasteiger partial charge in [-0.25, -0.2) is 4.39 Å². The van der Waals surface area contributed by atoms with Crippen molar-refractivity contribution in [2.45, 2.75) is 32.6 Å². The van der Waals surface area contributed by atoms with Gasteiger partial charge in [-0.1, -0.05) is 30.6 Å². The van der Waals surface area contributed by atoms with Crippen LogP contribution in [0.4, 0.5) is 4.39 Å². The highest BCUT2D eigenvalue weighted by molar-refractivity contribution is 6.00. The number of rotatable bonds is 9. The highest BCUT2D eigenvalue weighted by Crippen LogP contribution is 2.08. The quantitative estimate of drug-likeness (QED) is 0.422. The molecule has 0 radical (unpaired) electrons. The van der Waals surface area contributed by atoms with Crippen LogP contribution in [0.3, 0.4) is 0 Å². The summed E-state index contributed by atoms with van der Waals surface area (Å²) in [6, 6.07) is 6.36. The second-order valence-corrected chi connectivity index (χ2v) is 4.43. The Morgan fingerprint density at radius 3 is 2.53 bits per heavy atom. The van der Waals surface area contributed by atoms with Crippen LogP contribution in [0.5, 0.6) is 0 Å². The third-order valence-corrected chi connectivity index (χ3v) is 2.85. The molecule has 1 aromatic carbocycles. The van der Waals surface area contributed by atoms with E-state index in [2.05, 4.69) is 17.4 Å². The number of hydrogen-bond acceptors (Lipinski definition) is 3. The first-order valence-electron chi connectivity index (χ1n) is 6.84. The Bertz CT molecular complexity index is 376. The van der Waals surface area contributed by atoms with Gasteiger partial charge in [0.15, 0.2) is 0 Å². The Hall–Kier alpha value is -1.42. The van der Waals surface area contributed by atoms with Gasteiger partial charge in [0, 0.05) is 0 Å². The van der Waals surface area contributed by atoms with Gasteiger partial charge in [0.25, 0.3) is 0 Å². The van der Waals surface area contributed by atoms with Crippen LogP contribution in [0.15, 0.2) is 29.4 Å². The van der Waals surface area contributed by atoms with Crippen LogP contribution in [-0.4, -0.2) is 25.9 Å². The molecule has 0 aliphatic heterocycles. The van der Waals surface area contributed by atoms with Crippen molar-refractivity contribution in [2.75, 3.05) is 20.2 Å². The van der Waals surface area contributed by atoms with Gasteiger partial charge in [0.1, 0.15) is 12.9 Å². The predicted molar refractivity (Wildman–Crippen MR) is 77.0 cm³/mol. The molecule has 0 aliphatic carbocycles. The van der Waals surface area contributed by atoms with Gasteiger partial charge in [-0.15, -0.1) is 0 Å². The van der Waals surface area contributed by atoms with E-state index in [-0.39, 0.29) is 5.82 Å². The van der Waals surface area contributed by atoms with Crippen molar-refractivity contribution in [3.63, 3.8) is 0 Å². The molecule has 0 atom stereocenters. The SMILES string of the molecule is CCCCNCCC/C(=N/OC)c1ccc(F)cc1. The molecule has 0 saturated carbocycles. The van der Waals surface area contributed by atoms with E-state index in [1.54, 1.807) is 12.1 Å². The Morgan fingerprint density at radius 1 is 1.21 bits per heavy atom. The summed E-state index contributed by atoms with van der Waals surface area (Å²) in [7, 11) is 1.53. The fraction of sp³-hybridized carbons (Fsp3) is 0.533. The third kappa shape index (κ3) is 6.34. The zero-order valence-corrected chi connectivity index (χ0v) is 11.8. The molecule has 4 heteroatoms. The zero-order valence-electron chi connectivity index (χ0n) is 11.8. The molecule has 0 heterocycles. The number of nitrogens with one attached hydrogen (secondary N) is 1. The minimum atomic E-state index is -0.234. The highest BCUT2D eigenvalue weighted by atomic mass is 19.1. The minimum absolute atomic E-state index is 0.234. The molecule has 3 nitrogen and oxygen atoms in total. The lowest BCUT2D eigenvalue weighted by Gasteiger charge is -2.07. The van der Waals surface area contributed by atoms with E-state index in [4.69, 9.17) is 4.84 Å². The van der Waals surface area contributed by atoms with Crippen LogP contribution >= 0.6 is 0 Å². The van der Waals surface area contributed by atoms with E-state index < -0.39 is 0 Å². The first kappa shape index (κ1) is 15.6. The summed E-state index contributed by atoms with van der Waals surface area (Å²) >= 11 is 0. The Balaban J connectivity index is 2.41. The standard InChI is InChI=1S/C15H23FN2O/c1-3-4-11-17-12-5-6-15(18-19-2)13-7-9-14(16)10-8-13/h7-10,17H,3-6,11-12H2,1-2H3/b18-15-. The third-order valence-electron chi connectivity index (χ3n) is 2.85. The molecule has 0 bridgehead atoms. The maximum atomic E-state index is 12.9. The van der Waals surface area contributed by atoms with Crippen LogP contribution in [0.25, 0.3) is 0 Å². The van der Waals surface area contributed by atoms with E-state index in [9.17, 15) is 4.39 Å². The highest BCUT2D eigenvalue weighted by Gasteiger charge is 2.04. The molecular weight excluding hydrogens is 243 g/mol. The number of oxime groups is 1. The van der Waals surface area contributed by atoms with Gasteiger partial charge >= 0.3 is 0 Å². The average Bonchev–Trinajstić information content (AvgIpc) is 2.42. The van der Waals surface area contributed by atoms with Gasteiger partial charge in [-0.2, -0.15) is 0 Å². The first-order valence-corrected chi connectivity index (χ1v) is 6.84. The van der Waals surface area contributed by atoms with Crippen molar-refractivity contribution in [1.29, 1.82) is 0 Å². The average molecular weight is 266 g/mol. The summed E-state index contributed by atoms with van der Waals surface area (Å²) in [5.41, 5.74) is 1.77. The number of nitrogens with zero attached hydrogens (tertiary/aromatic N) is 1. The summed E-state index contributed by atoms with van der Waals surface area (Å²) in [5, 5.41) is 7.41. The lowest BCUT2D eigenvalue weighted by molar-refractivity contribution is 0.212. The van der Waals surface area contributed by atoms with E-state index >= 15 is 0 Å². The molecule has 106 valence electrons. The molecule has 0 amide bonds. The molecule has 0 saturated heterocycles. The summed E-state index contributed by atoms with van der Waals surface area (Å²) in [4.78, 5) is 4.86. The van der Waals surface area contributed by atoms with Crippen molar-refractivity contribution >= 4 is 5.71 Å². The van der Waals surface area contributed by atoms with E-state index in [0.29, 0.717) is 0 Å². The van der Waals surface area contributed by atoms with Crippen molar-refractivity contribution in [2.24, 2.45) is 5.16 Å². The topological polar surface area (TPSA) is 33.6 Å². The van der Waals surface area contributed by atoms with Crippen molar-refractivity contribution < 1.29 is 9.23 Å². The van der Waals surface area contributed by atoms with Crippen LogP contribution in [0.2, 0.25) is 0 Å². The maximum absolute atomic E-state index is 12.9. The Labute approximate surface area is 114 Å². The van der Waals surface area contributed by atoms with Crippen LogP contribution in [-0.2, 0) is 4.84 Å². The summed E-state index contributed by atoms with van der Waals surface area (Å²) in [5.74, 6) is -0.234. The van der Waals surface area contributed by atoms with Gasteiger partial charge in [0.2, 0.25) is 0 Å². The van der Waals surface area contributed by atoms with Crippen LogP contribution in [0, 0.1) is 5.82 Å². The summed E-state index contributed by atoms with van der Waals surface area (Å²) < 4.78 is 12.9. The van der Waals surface area contributed by atoms with Crippen molar-refractivity contribution in [1.82, 2.24) is 5.32 Å². The predicted octanol–water partition coefficient (Wildman–Crippen LogP) is 3.35. The minimum Gasteiger partial charge on any atom is -0.399 e. The number of halogens is 1. The number of unbranched alkanes of at least 4 members (excludes halogenated alkanes) is 1. The molecule has 0 unspecified atom stereocenters. The van der Waals surface area contributed by atoms with Gasteiger partial charge in [-0.3, -0.25) is 0 Å². The molecule has 0 aromatic heterocycles. The Kier molecular flexibility index (Phi) is 7.82. The van der Waals surface area contributed by atoms with E-state index in [1.807, 2.05) is 0 Å². The molecular formula is C15H23FN2O. The summed E-state index contributed by atoms with van der Waals surface area (Å²) in [6.45, 7) is 4.20. The lowest BCUT2D eigenvalue weighted by Crippen LogP contribution is -2.17. The molecule has 0 aliphatic rings.